The number of benzene rings is 2. The van der Waals surface area contributed by atoms with Crippen molar-refractivity contribution in [1.82, 2.24) is 14.9 Å². The summed E-state index contributed by atoms with van der Waals surface area (Å²) < 4.78 is 8.23. The van der Waals surface area contributed by atoms with Gasteiger partial charge in [-0.05, 0) is 112 Å². The second-order valence-corrected chi connectivity index (χ2v) is 10.9. The van der Waals surface area contributed by atoms with Gasteiger partial charge in [0.25, 0.3) is 0 Å². The Kier molecular flexibility index (Phi) is 7.02. The molecule has 204 valence electrons. The lowest BCUT2D eigenvalue weighted by Crippen LogP contribution is -2.29. The first-order valence-electron chi connectivity index (χ1n) is 13.7. The van der Waals surface area contributed by atoms with Gasteiger partial charge >= 0.3 is 5.97 Å². The summed E-state index contributed by atoms with van der Waals surface area (Å²) in [6.07, 6.45) is 6.75. The van der Waals surface area contributed by atoms with Crippen molar-refractivity contribution in [3.05, 3.63) is 107 Å². The molecule has 8 heteroatoms. The predicted molar refractivity (Wildman–Crippen MR) is 159 cm³/mol. The second-order valence-electron chi connectivity index (χ2n) is 10.5. The molecule has 40 heavy (non-hydrogen) atoms. The molecule has 0 bridgehead atoms. The van der Waals surface area contributed by atoms with Crippen molar-refractivity contribution >= 4 is 29.0 Å². The quantitative estimate of drug-likeness (QED) is 0.247. The van der Waals surface area contributed by atoms with E-state index in [1.807, 2.05) is 60.9 Å². The van der Waals surface area contributed by atoms with E-state index < -0.39 is 5.97 Å². The smallest absolute Gasteiger partial charge is 0.337 e. The Morgan fingerprint density at radius 2 is 1.75 bits per heavy atom. The van der Waals surface area contributed by atoms with Gasteiger partial charge in [-0.15, -0.1) is 0 Å². The molecule has 1 aliphatic heterocycles. The van der Waals surface area contributed by atoms with Crippen molar-refractivity contribution in [2.75, 3.05) is 4.90 Å². The van der Waals surface area contributed by atoms with Crippen LogP contribution in [-0.2, 0) is 0 Å². The fourth-order valence-corrected chi connectivity index (χ4v) is 6.49. The van der Waals surface area contributed by atoms with E-state index in [2.05, 4.69) is 33.4 Å². The molecule has 2 atom stereocenters. The zero-order chi connectivity index (χ0) is 27.8. The first-order valence-corrected chi connectivity index (χ1v) is 14.1. The molecular formula is C32H32N4O3S. The van der Waals surface area contributed by atoms with Gasteiger partial charge in [-0.1, -0.05) is 18.2 Å². The normalized spacial score (nSPS) is 19.1. The highest BCUT2D eigenvalue weighted by Gasteiger charge is 2.42. The molecule has 0 radical (unpaired) electrons. The average molecular weight is 553 g/mol. The van der Waals surface area contributed by atoms with Crippen LogP contribution in [0.1, 0.15) is 70.8 Å². The van der Waals surface area contributed by atoms with Crippen LogP contribution in [0, 0.1) is 13.8 Å². The van der Waals surface area contributed by atoms with Crippen LogP contribution in [0.3, 0.4) is 0 Å². The number of aromatic nitrogens is 2. The summed E-state index contributed by atoms with van der Waals surface area (Å²) in [6.45, 7) is 4.04. The lowest BCUT2D eigenvalue weighted by Gasteiger charge is -2.28. The number of hydrogen-bond acceptors (Lipinski definition) is 4. The molecule has 2 N–H and O–H groups in total. The van der Waals surface area contributed by atoms with Crippen molar-refractivity contribution in [2.24, 2.45) is 0 Å². The van der Waals surface area contributed by atoms with Crippen molar-refractivity contribution in [3.63, 3.8) is 0 Å². The molecule has 4 aromatic rings. The van der Waals surface area contributed by atoms with E-state index in [-0.39, 0.29) is 17.6 Å². The van der Waals surface area contributed by atoms with Gasteiger partial charge in [0.1, 0.15) is 5.75 Å². The molecule has 2 aromatic heterocycles. The van der Waals surface area contributed by atoms with Gasteiger partial charge in [0.2, 0.25) is 0 Å². The summed E-state index contributed by atoms with van der Waals surface area (Å²) in [5.41, 5.74) is 5.68. The number of hydrogen-bond donors (Lipinski definition) is 2. The van der Waals surface area contributed by atoms with Crippen molar-refractivity contribution in [3.8, 4) is 11.4 Å². The number of nitrogens with one attached hydrogen (secondary N) is 1. The third-order valence-corrected chi connectivity index (χ3v) is 8.30. The van der Waals surface area contributed by atoms with E-state index in [4.69, 9.17) is 17.0 Å². The van der Waals surface area contributed by atoms with Crippen molar-refractivity contribution < 1.29 is 14.6 Å². The van der Waals surface area contributed by atoms with Crippen molar-refractivity contribution in [2.45, 2.75) is 57.7 Å². The van der Waals surface area contributed by atoms with E-state index >= 15 is 0 Å². The van der Waals surface area contributed by atoms with E-state index in [9.17, 15) is 9.90 Å². The van der Waals surface area contributed by atoms with Crippen LogP contribution >= 0.6 is 12.2 Å². The molecule has 0 unspecified atom stereocenters. The fourth-order valence-electron chi connectivity index (χ4n) is 6.14. The second kappa shape index (κ2) is 10.8. The molecule has 6 rings (SSSR count). The highest BCUT2D eigenvalue weighted by atomic mass is 32.1. The topological polar surface area (TPSA) is 79.6 Å². The minimum absolute atomic E-state index is 0.202. The number of rotatable bonds is 7. The van der Waals surface area contributed by atoms with Crippen LogP contribution in [0.15, 0.2) is 79.0 Å². The highest BCUT2D eigenvalue weighted by Crippen LogP contribution is 2.44. The number of aryl methyl sites for hydroxylation is 1. The summed E-state index contributed by atoms with van der Waals surface area (Å²) in [6, 6.07) is 22.9. The number of pyridine rings is 1. The number of ether oxygens (including phenoxy) is 1. The third-order valence-electron chi connectivity index (χ3n) is 7.98. The van der Waals surface area contributed by atoms with Crippen LogP contribution in [0.2, 0.25) is 0 Å². The van der Waals surface area contributed by atoms with Crippen LogP contribution in [-0.4, -0.2) is 31.8 Å². The van der Waals surface area contributed by atoms with Gasteiger partial charge in [0.05, 0.1) is 35.1 Å². The van der Waals surface area contributed by atoms with Gasteiger partial charge in [-0.3, -0.25) is 4.98 Å². The zero-order valence-electron chi connectivity index (χ0n) is 22.6. The van der Waals surface area contributed by atoms with Crippen LogP contribution in [0.4, 0.5) is 5.69 Å². The van der Waals surface area contributed by atoms with Gasteiger partial charge in [-0.2, -0.15) is 0 Å². The Morgan fingerprint density at radius 3 is 2.45 bits per heavy atom. The molecule has 2 fully saturated rings. The maximum atomic E-state index is 12.1. The van der Waals surface area contributed by atoms with Crippen LogP contribution in [0.5, 0.6) is 5.75 Å². The minimum Gasteiger partial charge on any atom is -0.490 e. The molecule has 1 saturated heterocycles. The Hall–Kier alpha value is -4.17. The number of carbonyl (C=O) groups is 1. The number of para-hydroxylation sites is 1. The molecule has 1 saturated carbocycles. The first kappa shape index (κ1) is 26.1. The third kappa shape index (κ3) is 4.73. The monoisotopic (exact) mass is 552 g/mol. The summed E-state index contributed by atoms with van der Waals surface area (Å²) >= 11 is 5.93. The number of carboxylic acid groups (broad SMARTS) is 1. The summed E-state index contributed by atoms with van der Waals surface area (Å²) in [5, 5.41) is 14.0. The van der Waals surface area contributed by atoms with E-state index in [0.29, 0.717) is 16.9 Å². The molecule has 3 heterocycles. The SMILES string of the molecule is Cc1cc([C@@H]2[C@H](c3ccccn3)NC(=S)N2c2ccc(OC3CCCC3)cc2)c(C)n1-c1ccccc1C(=O)O. The lowest BCUT2D eigenvalue weighted by molar-refractivity contribution is 0.0697. The average Bonchev–Trinajstić information content (AvgIpc) is 3.67. The summed E-state index contributed by atoms with van der Waals surface area (Å²) in [4.78, 5) is 18.9. The van der Waals surface area contributed by atoms with E-state index in [0.717, 1.165) is 46.9 Å². The minimum atomic E-state index is -0.957. The van der Waals surface area contributed by atoms with Crippen LogP contribution in [0.25, 0.3) is 5.69 Å². The van der Waals surface area contributed by atoms with Crippen LogP contribution < -0.4 is 15.0 Å². The Morgan fingerprint density at radius 1 is 1.02 bits per heavy atom. The molecule has 0 amide bonds. The predicted octanol–water partition coefficient (Wildman–Crippen LogP) is 6.69. The number of aromatic carboxylic acids is 1. The summed E-state index contributed by atoms with van der Waals surface area (Å²) in [7, 11) is 0. The molecule has 7 nitrogen and oxygen atoms in total. The molecule has 0 spiro atoms. The van der Waals surface area contributed by atoms with Gasteiger partial charge in [0.15, 0.2) is 5.11 Å². The highest BCUT2D eigenvalue weighted by molar-refractivity contribution is 7.80. The Balaban J connectivity index is 1.43. The van der Waals surface area contributed by atoms with Gasteiger partial charge in [-0.25, -0.2) is 4.79 Å². The zero-order valence-corrected chi connectivity index (χ0v) is 23.4. The number of anilines is 1. The summed E-state index contributed by atoms with van der Waals surface area (Å²) in [5.74, 6) is -0.0868. The number of nitrogens with zero attached hydrogens (tertiary/aromatic N) is 3. The number of thiocarbonyl (C=S) groups is 1. The van der Waals surface area contributed by atoms with E-state index in [1.165, 1.54) is 12.8 Å². The Labute approximate surface area is 239 Å². The lowest BCUT2D eigenvalue weighted by atomic mass is 9.96. The van der Waals surface area contributed by atoms with Crippen molar-refractivity contribution in [1.29, 1.82) is 0 Å². The number of carboxylic acids is 1. The van der Waals surface area contributed by atoms with Gasteiger partial charge in [0, 0.05) is 23.3 Å². The largest absolute Gasteiger partial charge is 0.490 e. The molecule has 2 aromatic carbocycles. The molecule has 1 aliphatic carbocycles. The Bertz CT molecular complexity index is 1540. The molecule has 2 aliphatic rings. The maximum Gasteiger partial charge on any atom is 0.337 e. The standard InChI is InChI=1S/C32H32N4O3S/c1-20-19-26(21(2)35(20)28-13-6-5-11-25(28)31(37)38)30-29(27-12-7-8-18-33-27)34-32(40)36(30)22-14-16-24(17-15-22)39-23-9-3-4-10-23/h5-8,11-19,23,29-30H,3-4,9-10H2,1-2H3,(H,34,40)(H,37,38)/t29-,30+/m0/s1. The van der Waals surface area contributed by atoms with E-state index in [1.54, 1.807) is 18.3 Å². The first-order chi connectivity index (χ1) is 19.4. The molecular weight excluding hydrogens is 520 g/mol. The maximum absolute atomic E-state index is 12.1. The van der Waals surface area contributed by atoms with Gasteiger partial charge < -0.3 is 24.6 Å². The fraction of sp³-hybridized carbons (Fsp3) is 0.281.